The molecule has 1 aromatic rings. The second kappa shape index (κ2) is 3.08. The summed E-state index contributed by atoms with van der Waals surface area (Å²) in [6.07, 6.45) is 2.28. The van der Waals surface area contributed by atoms with Crippen molar-refractivity contribution in [1.82, 2.24) is 4.98 Å². The van der Waals surface area contributed by atoms with Gasteiger partial charge in [0.15, 0.2) is 5.69 Å². The first-order valence-corrected chi connectivity index (χ1v) is 5.00. The summed E-state index contributed by atoms with van der Waals surface area (Å²) in [5, 5.41) is 10.9. The van der Waals surface area contributed by atoms with Crippen LogP contribution in [0.1, 0.15) is 34.4 Å². The maximum Gasteiger partial charge on any atom is 0.355 e. The van der Waals surface area contributed by atoms with Gasteiger partial charge in [-0.1, -0.05) is 0 Å². The molecule has 5 heteroatoms. The summed E-state index contributed by atoms with van der Waals surface area (Å²) in [7, 11) is 0. The summed E-state index contributed by atoms with van der Waals surface area (Å²) in [5.74, 6) is -0.460. The van der Waals surface area contributed by atoms with Gasteiger partial charge in [-0.15, -0.1) is 11.3 Å². The molecule has 4 nitrogen and oxygen atoms in total. The Balaban J connectivity index is 2.16. The first-order chi connectivity index (χ1) is 6.18. The predicted octanol–water partition coefficient (Wildman–Crippen LogP) is 1.25. The summed E-state index contributed by atoms with van der Waals surface area (Å²) in [6, 6.07) is -0.0573. The monoisotopic (exact) mass is 198 g/mol. The number of nitrogens with two attached hydrogens (primary N) is 1. The van der Waals surface area contributed by atoms with Gasteiger partial charge in [-0.3, -0.25) is 0 Å². The second-order valence-corrected chi connectivity index (χ2v) is 4.13. The second-order valence-electron chi connectivity index (χ2n) is 3.24. The lowest BCUT2D eigenvalue weighted by Gasteiger charge is -2.03. The van der Waals surface area contributed by atoms with Gasteiger partial charge in [0, 0.05) is 5.38 Å². The van der Waals surface area contributed by atoms with Gasteiger partial charge in [-0.2, -0.15) is 0 Å². The molecule has 3 N–H and O–H groups in total. The maximum absolute atomic E-state index is 10.5. The molecule has 1 aliphatic rings. The predicted molar refractivity (Wildman–Crippen MR) is 48.7 cm³/mol. The van der Waals surface area contributed by atoms with E-state index < -0.39 is 5.97 Å². The summed E-state index contributed by atoms with van der Waals surface area (Å²) in [5.41, 5.74) is 5.98. The van der Waals surface area contributed by atoms with E-state index in [2.05, 4.69) is 4.98 Å². The SMILES string of the molecule is NC(c1nc(C(=O)O)cs1)C1CC1. The van der Waals surface area contributed by atoms with Crippen molar-refractivity contribution in [2.75, 3.05) is 0 Å². The summed E-state index contributed by atoms with van der Waals surface area (Å²) < 4.78 is 0. The van der Waals surface area contributed by atoms with Crippen molar-refractivity contribution in [3.63, 3.8) is 0 Å². The molecule has 1 atom stereocenters. The van der Waals surface area contributed by atoms with Crippen LogP contribution in [0.2, 0.25) is 0 Å². The molecule has 0 amide bonds. The highest BCUT2D eigenvalue weighted by molar-refractivity contribution is 7.09. The van der Waals surface area contributed by atoms with Crippen LogP contribution in [0.5, 0.6) is 0 Å². The summed E-state index contributed by atoms with van der Waals surface area (Å²) in [4.78, 5) is 14.5. The molecule has 1 unspecified atom stereocenters. The molecule has 1 heterocycles. The molecule has 70 valence electrons. The van der Waals surface area contributed by atoms with E-state index in [0.29, 0.717) is 5.92 Å². The number of carboxylic acids is 1. The van der Waals surface area contributed by atoms with E-state index >= 15 is 0 Å². The number of hydrogen-bond donors (Lipinski definition) is 2. The summed E-state index contributed by atoms with van der Waals surface area (Å²) in [6.45, 7) is 0. The molecule has 1 aromatic heterocycles. The minimum atomic E-state index is -0.981. The van der Waals surface area contributed by atoms with Crippen molar-refractivity contribution in [3.8, 4) is 0 Å². The molecule has 1 aliphatic carbocycles. The zero-order valence-corrected chi connectivity index (χ0v) is 7.75. The van der Waals surface area contributed by atoms with Gasteiger partial charge in [0.05, 0.1) is 6.04 Å². The number of thiazole rings is 1. The molecular formula is C8H10N2O2S. The van der Waals surface area contributed by atoms with Crippen molar-refractivity contribution in [2.45, 2.75) is 18.9 Å². The maximum atomic E-state index is 10.5. The number of aromatic carboxylic acids is 1. The third-order valence-corrected chi connectivity index (χ3v) is 3.10. The van der Waals surface area contributed by atoms with Crippen LogP contribution in [-0.4, -0.2) is 16.1 Å². The van der Waals surface area contributed by atoms with Crippen LogP contribution in [-0.2, 0) is 0 Å². The molecule has 0 aliphatic heterocycles. The van der Waals surface area contributed by atoms with Crippen LogP contribution in [0.25, 0.3) is 0 Å². The third-order valence-electron chi connectivity index (χ3n) is 2.16. The van der Waals surface area contributed by atoms with E-state index in [1.54, 1.807) is 5.38 Å². The van der Waals surface area contributed by atoms with Crippen molar-refractivity contribution in [2.24, 2.45) is 11.7 Å². The Morgan fingerprint density at radius 3 is 2.92 bits per heavy atom. The number of nitrogens with zero attached hydrogens (tertiary/aromatic N) is 1. The molecule has 0 spiro atoms. The fraction of sp³-hybridized carbons (Fsp3) is 0.500. The fourth-order valence-corrected chi connectivity index (χ4v) is 2.08. The van der Waals surface area contributed by atoms with Crippen molar-refractivity contribution in [3.05, 3.63) is 16.1 Å². The Morgan fingerprint density at radius 1 is 1.77 bits per heavy atom. The Bertz CT molecular complexity index is 333. The van der Waals surface area contributed by atoms with E-state index in [9.17, 15) is 4.79 Å². The molecule has 0 aromatic carbocycles. The van der Waals surface area contributed by atoms with Crippen LogP contribution in [0.3, 0.4) is 0 Å². The standard InChI is InChI=1S/C8H10N2O2S/c9-6(4-1-2-4)7-10-5(3-13-7)8(11)12/h3-4,6H,1-2,9H2,(H,11,12). The Kier molecular flexibility index (Phi) is 2.05. The van der Waals surface area contributed by atoms with Crippen LogP contribution < -0.4 is 5.73 Å². The van der Waals surface area contributed by atoms with Gasteiger partial charge in [0.2, 0.25) is 0 Å². The van der Waals surface area contributed by atoms with E-state index in [0.717, 1.165) is 17.8 Å². The van der Waals surface area contributed by atoms with Gasteiger partial charge in [0.25, 0.3) is 0 Å². The van der Waals surface area contributed by atoms with Crippen LogP contribution >= 0.6 is 11.3 Å². The van der Waals surface area contributed by atoms with Gasteiger partial charge >= 0.3 is 5.97 Å². The third kappa shape index (κ3) is 1.71. The molecule has 0 bridgehead atoms. The van der Waals surface area contributed by atoms with Gasteiger partial charge in [0.1, 0.15) is 5.01 Å². The molecule has 13 heavy (non-hydrogen) atoms. The average Bonchev–Trinajstić information content (AvgIpc) is 2.81. The van der Waals surface area contributed by atoms with Crippen molar-refractivity contribution >= 4 is 17.3 Å². The van der Waals surface area contributed by atoms with Crippen molar-refractivity contribution < 1.29 is 9.90 Å². The normalized spacial score (nSPS) is 18.5. The first kappa shape index (κ1) is 8.65. The number of carbonyl (C=O) groups is 1. The molecule has 1 fully saturated rings. The van der Waals surface area contributed by atoms with E-state index in [4.69, 9.17) is 10.8 Å². The number of hydrogen-bond acceptors (Lipinski definition) is 4. The van der Waals surface area contributed by atoms with Crippen molar-refractivity contribution in [1.29, 1.82) is 0 Å². The van der Waals surface area contributed by atoms with E-state index in [1.807, 2.05) is 0 Å². The first-order valence-electron chi connectivity index (χ1n) is 4.13. The van der Waals surface area contributed by atoms with Crippen LogP contribution in [0, 0.1) is 5.92 Å². The quantitative estimate of drug-likeness (QED) is 0.766. The Hall–Kier alpha value is -0.940. The Labute approximate surface area is 79.4 Å². The minimum absolute atomic E-state index is 0.0573. The van der Waals surface area contributed by atoms with Gasteiger partial charge in [-0.25, -0.2) is 9.78 Å². The largest absolute Gasteiger partial charge is 0.476 e. The smallest absolute Gasteiger partial charge is 0.355 e. The number of carboxylic acid groups (broad SMARTS) is 1. The lowest BCUT2D eigenvalue weighted by atomic mass is 10.2. The topological polar surface area (TPSA) is 76.2 Å². The highest BCUT2D eigenvalue weighted by atomic mass is 32.1. The van der Waals surface area contributed by atoms with Crippen LogP contribution in [0.4, 0.5) is 0 Å². The molecule has 2 rings (SSSR count). The molecule has 1 saturated carbocycles. The zero-order chi connectivity index (χ0) is 9.42. The van der Waals surface area contributed by atoms with Gasteiger partial charge in [-0.05, 0) is 18.8 Å². The van der Waals surface area contributed by atoms with E-state index in [-0.39, 0.29) is 11.7 Å². The molecule has 0 saturated heterocycles. The lowest BCUT2D eigenvalue weighted by molar-refractivity contribution is 0.0691. The summed E-state index contributed by atoms with van der Waals surface area (Å²) >= 11 is 1.34. The highest BCUT2D eigenvalue weighted by Gasteiger charge is 2.31. The molecular weight excluding hydrogens is 188 g/mol. The highest BCUT2D eigenvalue weighted by Crippen LogP contribution is 2.40. The lowest BCUT2D eigenvalue weighted by Crippen LogP contribution is -2.12. The Morgan fingerprint density at radius 2 is 2.46 bits per heavy atom. The van der Waals surface area contributed by atoms with Crippen LogP contribution in [0.15, 0.2) is 5.38 Å². The molecule has 0 radical (unpaired) electrons. The number of rotatable bonds is 3. The zero-order valence-electron chi connectivity index (χ0n) is 6.93. The fourth-order valence-electron chi connectivity index (χ4n) is 1.20. The average molecular weight is 198 g/mol. The van der Waals surface area contributed by atoms with E-state index in [1.165, 1.54) is 11.3 Å². The van der Waals surface area contributed by atoms with Gasteiger partial charge < -0.3 is 10.8 Å². The minimum Gasteiger partial charge on any atom is -0.476 e. The number of aromatic nitrogens is 1.